The molecule has 2 amide bonds. The second kappa shape index (κ2) is 9.03. The standard InChI is InChI=1S/C21H22Cl2N6O2/c22-12-6-13(23)8-15(7-12)26-10-18(30)29-5-1-2-14(11-29)28-19-16-3-4-25-21(16)27-9-17(19)20(24)31/h3-4,6-9,14,26H,1-2,5,10-11H2,(H2,24,31)(H2,25,27,28)/t14-/m1/s1. The molecule has 162 valence electrons. The van der Waals surface area contributed by atoms with Crippen LogP contribution in [0.3, 0.4) is 0 Å². The number of benzene rings is 1. The third kappa shape index (κ3) is 4.86. The van der Waals surface area contributed by atoms with Crippen molar-refractivity contribution in [2.45, 2.75) is 18.9 Å². The summed E-state index contributed by atoms with van der Waals surface area (Å²) in [5.74, 6) is -0.578. The molecule has 0 aliphatic carbocycles. The number of fused-ring (bicyclic) bond motifs is 1. The van der Waals surface area contributed by atoms with Crippen LogP contribution in [-0.2, 0) is 4.79 Å². The number of anilines is 2. The van der Waals surface area contributed by atoms with Crippen molar-refractivity contribution in [2.75, 3.05) is 30.3 Å². The molecule has 1 aliphatic rings. The quantitative estimate of drug-likeness (QED) is 0.449. The molecule has 1 saturated heterocycles. The first-order valence-electron chi connectivity index (χ1n) is 9.91. The van der Waals surface area contributed by atoms with Crippen LogP contribution >= 0.6 is 23.2 Å². The van der Waals surface area contributed by atoms with Crippen LogP contribution in [0.15, 0.2) is 36.7 Å². The molecule has 0 saturated carbocycles. The van der Waals surface area contributed by atoms with Crippen molar-refractivity contribution in [1.29, 1.82) is 0 Å². The molecule has 8 nitrogen and oxygen atoms in total. The van der Waals surface area contributed by atoms with Crippen molar-refractivity contribution in [3.05, 3.63) is 52.3 Å². The van der Waals surface area contributed by atoms with E-state index in [1.54, 1.807) is 29.3 Å². The number of likely N-dealkylation sites (tertiary alicyclic amines) is 1. The minimum atomic E-state index is -0.550. The molecule has 1 aliphatic heterocycles. The second-order valence-corrected chi connectivity index (χ2v) is 8.36. The minimum absolute atomic E-state index is 0.0167. The molecule has 1 atom stereocenters. The minimum Gasteiger partial charge on any atom is -0.379 e. The lowest BCUT2D eigenvalue weighted by Gasteiger charge is -2.34. The fourth-order valence-electron chi connectivity index (χ4n) is 3.82. The average molecular weight is 461 g/mol. The molecule has 2 aromatic heterocycles. The predicted molar refractivity (Wildman–Crippen MR) is 123 cm³/mol. The maximum Gasteiger partial charge on any atom is 0.252 e. The van der Waals surface area contributed by atoms with E-state index >= 15 is 0 Å². The smallest absolute Gasteiger partial charge is 0.252 e. The Bertz CT molecular complexity index is 1110. The van der Waals surface area contributed by atoms with Crippen LogP contribution in [0.5, 0.6) is 0 Å². The zero-order valence-electron chi connectivity index (χ0n) is 16.6. The molecular formula is C21H22Cl2N6O2. The van der Waals surface area contributed by atoms with Gasteiger partial charge in [-0.05, 0) is 37.1 Å². The van der Waals surface area contributed by atoms with E-state index in [-0.39, 0.29) is 18.5 Å². The highest BCUT2D eigenvalue weighted by atomic mass is 35.5. The summed E-state index contributed by atoms with van der Waals surface area (Å²) in [6.45, 7) is 1.32. The molecule has 5 N–H and O–H groups in total. The molecule has 1 aromatic carbocycles. The first-order valence-corrected chi connectivity index (χ1v) is 10.7. The summed E-state index contributed by atoms with van der Waals surface area (Å²) < 4.78 is 0. The summed E-state index contributed by atoms with van der Waals surface area (Å²) in [6, 6.07) is 6.91. The summed E-state index contributed by atoms with van der Waals surface area (Å²) >= 11 is 12.0. The Kier molecular flexibility index (Phi) is 6.20. The van der Waals surface area contributed by atoms with Gasteiger partial charge in [0.2, 0.25) is 5.91 Å². The van der Waals surface area contributed by atoms with E-state index in [0.717, 1.165) is 18.2 Å². The Morgan fingerprint density at radius 3 is 2.77 bits per heavy atom. The van der Waals surface area contributed by atoms with Gasteiger partial charge in [-0.2, -0.15) is 0 Å². The van der Waals surface area contributed by atoms with Crippen LogP contribution in [0, 0.1) is 0 Å². The highest BCUT2D eigenvalue weighted by molar-refractivity contribution is 6.35. The van der Waals surface area contributed by atoms with Gasteiger partial charge in [0, 0.05) is 52.6 Å². The highest BCUT2D eigenvalue weighted by Gasteiger charge is 2.25. The molecule has 0 spiro atoms. The SMILES string of the molecule is NC(=O)c1cnc2[nH]ccc2c1N[C@@H]1CCCN(C(=O)CNc2cc(Cl)cc(Cl)c2)C1. The van der Waals surface area contributed by atoms with Gasteiger partial charge in [0.25, 0.3) is 5.91 Å². The maximum atomic E-state index is 12.8. The van der Waals surface area contributed by atoms with Crippen LogP contribution in [0.1, 0.15) is 23.2 Å². The number of nitrogens with two attached hydrogens (primary N) is 1. The number of H-pyrrole nitrogens is 1. The average Bonchev–Trinajstić information content (AvgIpc) is 3.21. The number of nitrogens with zero attached hydrogens (tertiary/aromatic N) is 2. The maximum absolute atomic E-state index is 12.8. The largest absolute Gasteiger partial charge is 0.379 e. The summed E-state index contributed by atoms with van der Waals surface area (Å²) in [6.07, 6.45) is 4.95. The van der Waals surface area contributed by atoms with Gasteiger partial charge in [0.05, 0.1) is 17.8 Å². The van der Waals surface area contributed by atoms with E-state index in [9.17, 15) is 9.59 Å². The van der Waals surface area contributed by atoms with E-state index in [4.69, 9.17) is 28.9 Å². The second-order valence-electron chi connectivity index (χ2n) is 7.49. The lowest BCUT2D eigenvalue weighted by atomic mass is 10.0. The van der Waals surface area contributed by atoms with Crippen molar-refractivity contribution in [2.24, 2.45) is 5.73 Å². The molecule has 1 fully saturated rings. The number of carbonyl (C=O) groups is 2. The van der Waals surface area contributed by atoms with Crippen LogP contribution in [0.25, 0.3) is 11.0 Å². The van der Waals surface area contributed by atoms with Gasteiger partial charge in [-0.3, -0.25) is 9.59 Å². The Balaban J connectivity index is 1.44. The van der Waals surface area contributed by atoms with Gasteiger partial charge < -0.3 is 26.3 Å². The summed E-state index contributed by atoms with van der Waals surface area (Å²) in [7, 11) is 0. The topological polar surface area (TPSA) is 116 Å². The molecule has 0 radical (unpaired) electrons. The van der Waals surface area contributed by atoms with Crippen molar-refractivity contribution in [3.63, 3.8) is 0 Å². The van der Waals surface area contributed by atoms with Gasteiger partial charge in [-0.1, -0.05) is 23.2 Å². The van der Waals surface area contributed by atoms with E-state index in [2.05, 4.69) is 20.6 Å². The van der Waals surface area contributed by atoms with Crippen molar-refractivity contribution < 1.29 is 9.59 Å². The molecule has 3 heterocycles. The number of rotatable bonds is 6. The number of primary amides is 1. The van der Waals surface area contributed by atoms with Crippen LogP contribution in [-0.4, -0.2) is 52.4 Å². The van der Waals surface area contributed by atoms with Gasteiger partial charge in [-0.15, -0.1) is 0 Å². The fraction of sp³-hybridized carbons (Fsp3) is 0.286. The Hall–Kier alpha value is -2.97. The van der Waals surface area contributed by atoms with E-state index in [1.807, 2.05) is 6.07 Å². The molecule has 3 aromatic rings. The number of pyridine rings is 1. The van der Waals surface area contributed by atoms with Crippen LogP contribution in [0.2, 0.25) is 10.0 Å². The summed E-state index contributed by atoms with van der Waals surface area (Å²) in [5.41, 5.74) is 7.88. The number of carbonyl (C=O) groups excluding carboxylic acids is 2. The number of amides is 2. The van der Waals surface area contributed by atoms with Gasteiger partial charge >= 0.3 is 0 Å². The number of hydrogen-bond donors (Lipinski definition) is 4. The van der Waals surface area contributed by atoms with Crippen molar-refractivity contribution >= 4 is 57.4 Å². The van der Waals surface area contributed by atoms with E-state index < -0.39 is 5.91 Å². The monoisotopic (exact) mass is 460 g/mol. The highest BCUT2D eigenvalue weighted by Crippen LogP contribution is 2.28. The molecule has 31 heavy (non-hydrogen) atoms. The van der Waals surface area contributed by atoms with Gasteiger partial charge in [0.15, 0.2) is 0 Å². The van der Waals surface area contributed by atoms with E-state index in [1.165, 1.54) is 6.20 Å². The van der Waals surface area contributed by atoms with Crippen molar-refractivity contribution in [1.82, 2.24) is 14.9 Å². The molecule has 0 bridgehead atoms. The fourth-order valence-corrected chi connectivity index (χ4v) is 4.35. The first kappa shape index (κ1) is 21.3. The molecule has 10 heteroatoms. The lowest BCUT2D eigenvalue weighted by Crippen LogP contribution is -2.47. The van der Waals surface area contributed by atoms with Gasteiger partial charge in [0.1, 0.15) is 5.65 Å². The summed E-state index contributed by atoms with van der Waals surface area (Å²) in [5, 5.41) is 8.30. The first-order chi connectivity index (χ1) is 14.9. The lowest BCUT2D eigenvalue weighted by molar-refractivity contribution is -0.130. The van der Waals surface area contributed by atoms with E-state index in [0.29, 0.717) is 45.7 Å². The Labute approximate surface area is 189 Å². The Morgan fingerprint density at radius 1 is 1.26 bits per heavy atom. The summed E-state index contributed by atoms with van der Waals surface area (Å²) in [4.78, 5) is 33.8. The molecular weight excluding hydrogens is 439 g/mol. The third-order valence-corrected chi connectivity index (χ3v) is 5.72. The van der Waals surface area contributed by atoms with Crippen LogP contribution in [0.4, 0.5) is 11.4 Å². The number of nitrogens with one attached hydrogen (secondary N) is 3. The number of hydrogen-bond acceptors (Lipinski definition) is 5. The number of halogens is 2. The Morgan fingerprint density at radius 2 is 2.03 bits per heavy atom. The van der Waals surface area contributed by atoms with Crippen molar-refractivity contribution in [3.8, 4) is 0 Å². The number of aromatic amines is 1. The third-order valence-electron chi connectivity index (χ3n) is 5.28. The zero-order valence-corrected chi connectivity index (χ0v) is 18.1. The normalized spacial score (nSPS) is 16.3. The van der Waals surface area contributed by atoms with Crippen LogP contribution < -0.4 is 16.4 Å². The molecule has 4 rings (SSSR count). The van der Waals surface area contributed by atoms with Gasteiger partial charge in [-0.25, -0.2) is 4.98 Å². The number of aromatic nitrogens is 2. The number of piperidine rings is 1. The molecule has 0 unspecified atom stereocenters. The zero-order chi connectivity index (χ0) is 22.0. The predicted octanol–water partition coefficient (Wildman–Crippen LogP) is 3.48.